The average molecular weight is 251 g/mol. The van der Waals surface area contributed by atoms with E-state index in [-0.39, 0.29) is 12.2 Å². The lowest BCUT2D eigenvalue weighted by Gasteiger charge is -1.97. The van der Waals surface area contributed by atoms with Crippen LogP contribution >= 0.6 is 15.9 Å². The molecule has 4 heteroatoms. The van der Waals surface area contributed by atoms with Crippen molar-refractivity contribution in [2.24, 2.45) is 0 Å². The Morgan fingerprint density at radius 1 is 1.00 bits per heavy atom. The highest BCUT2D eigenvalue weighted by Crippen LogP contribution is 2.06. The number of unbranched alkanes of at least 4 members (excludes halogenated alkanes) is 3. The fourth-order valence-electron chi connectivity index (χ4n) is 1.02. The van der Waals surface area contributed by atoms with Crippen molar-refractivity contribution < 1.29 is 14.7 Å². The van der Waals surface area contributed by atoms with Crippen molar-refractivity contribution in [3.8, 4) is 0 Å². The number of aliphatic carboxylic acids is 1. The summed E-state index contributed by atoms with van der Waals surface area (Å²) in [4.78, 5) is 20.9. The van der Waals surface area contributed by atoms with Crippen LogP contribution in [-0.2, 0) is 9.59 Å². The number of alkyl halides is 1. The summed E-state index contributed by atoms with van der Waals surface area (Å²) in [5, 5.41) is 8.77. The molecule has 1 N–H and O–H groups in total. The molecule has 13 heavy (non-hydrogen) atoms. The monoisotopic (exact) mass is 250 g/mol. The van der Waals surface area contributed by atoms with Crippen LogP contribution in [0.15, 0.2) is 0 Å². The summed E-state index contributed by atoms with van der Waals surface area (Å²) >= 11 is 3.09. The highest BCUT2D eigenvalue weighted by Gasteiger charge is 1.99. The maximum absolute atomic E-state index is 10.8. The van der Waals surface area contributed by atoms with Gasteiger partial charge in [-0.25, -0.2) is 0 Å². The maximum Gasteiger partial charge on any atom is 0.303 e. The Bertz CT molecular complexity index is 168. The Hall–Kier alpha value is -0.380. The van der Waals surface area contributed by atoms with E-state index in [1.165, 1.54) is 0 Å². The molecule has 0 bridgehead atoms. The number of rotatable bonds is 8. The van der Waals surface area contributed by atoms with Crippen LogP contribution in [0.1, 0.15) is 38.5 Å². The van der Waals surface area contributed by atoms with Crippen LogP contribution in [0.3, 0.4) is 0 Å². The largest absolute Gasteiger partial charge is 0.481 e. The third kappa shape index (κ3) is 9.53. The van der Waals surface area contributed by atoms with Gasteiger partial charge in [0, 0.05) is 12.8 Å². The molecule has 0 aromatic heterocycles. The standard InChI is InChI=1S/C9H15BrO3/c10-7-8(11)5-3-1-2-4-6-9(12)13/h1-7H2,(H,12,13). The Balaban J connectivity index is 3.08. The number of carboxylic acid groups (broad SMARTS) is 1. The summed E-state index contributed by atoms with van der Waals surface area (Å²) in [5.41, 5.74) is 0. The molecular weight excluding hydrogens is 236 g/mol. The predicted octanol–water partition coefficient (Wildman–Crippen LogP) is 2.38. The van der Waals surface area contributed by atoms with E-state index in [2.05, 4.69) is 15.9 Å². The van der Waals surface area contributed by atoms with Gasteiger partial charge in [0.15, 0.2) is 0 Å². The highest BCUT2D eigenvalue weighted by atomic mass is 79.9. The van der Waals surface area contributed by atoms with E-state index in [1.54, 1.807) is 0 Å². The minimum atomic E-state index is -0.739. The molecule has 0 heterocycles. The topological polar surface area (TPSA) is 54.4 Å². The van der Waals surface area contributed by atoms with Gasteiger partial charge >= 0.3 is 5.97 Å². The first-order valence-corrected chi connectivity index (χ1v) is 5.58. The molecule has 0 aromatic carbocycles. The quantitative estimate of drug-likeness (QED) is 0.532. The van der Waals surface area contributed by atoms with Crippen molar-refractivity contribution >= 4 is 27.7 Å². The number of carbonyl (C=O) groups is 2. The number of carboxylic acids is 1. The van der Waals surface area contributed by atoms with E-state index in [1.807, 2.05) is 0 Å². The van der Waals surface area contributed by atoms with E-state index < -0.39 is 5.97 Å². The zero-order chi connectivity index (χ0) is 10.1. The lowest BCUT2D eigenvalue weighted by Crippen LogP contribution is -1.98. The molecule has 3 nitrogen and oxygen atoms in total. The zero-order valence-corrected chi connectivity index (χ0v) is 9.18. The molecular formula is C9H15BrO3. The molecule has 0 saturated heterocycles. The van der Waals surface area contributed by atoms with Crippen molar-refractivity contribution in [1.29, 1.82) is 0 Å². The summed E-state index contributed by atoms with van der Waals surface area (Å²) in [6, 6.07) is 0. The van der Waals surface area contributed by atoms with E-state index in [0.717, 1.165) is 25.7 Å². The zero-order valence-electron chi connectivity index (χ0n) is 7.59. The van der Waals surface area contributed by atoms with Crippen LogP contribution in [0.4, 0.5) is 0 Å². The van der Waals surface area contributed by atoms with Gasteiger partial charge in [-0.15, -0.1) is 0 Å². The van der Waals surface area contributed by atoms with Crippen molar-refractivity contribution in [2.75, 3.05) is 5.33 Å². The van der Waals surface area contributed by atoms with E-state index in [0.29, 0.717) is 11.8 Å². The highest BCUT2D eigenvalue weighted by molar-refractivity contribution is 9.09. The lowest BCUT2D eigenvalue weighted by molar-refractivity contribution is -0.137. The number of hydrogen-bond donors (Lipinski definition) is 1. The van der Waals surface area contributed by atoms with Crippen molar-refractivity contribution in [3.05, 3.63) is 0 Å². The molecule has 0 rings (SSSR count). The number of carbonyl (C=O) groups excluding carboxylic acids is 1. The Morgan fingerprint density at radius 2 is 1.54 bits per heavy atom. The number of ketones is 1. The fraction of sp³-hybridized carbons (Fsp3) is 0.778. The minimum absolute atomic E-state index is 0.221. The molecule has 0 aliphatic heterocycles. The lowest BCUT2D eigenvalue weighted by atomic mass is 10.1. The van der Waals surface area contributed by atoms with Gasteiger partial charge in [0.2, 0.25) is 0 Å². The van der Waals surface area contributed by atoms with Crippen LogP contribution in [-0.4, -0.2) is 22.2 Å². The van der Waals surface area contributed by atoms with Gasteiger partial charge in [0.25, 0.3) is 0 Å². The average Bonchev–Trinajstić information content (AvgIpc) is 2.10. The van der Waals surface area contributed by atoms with E-state index in [4.69, 9.17) is 5.11 Å². The molecule has 0 radical (unpaired) electrons. The fourth-order valence-corrected chi connectivity index (χ4v) is 1.30. The molecule has 0 amide bonds. The minimum Gasteiger partial charge on any atom is -0.481 e. The van der Waals surface area contributed by atoms with Gasteiger partial charge < -0.3 is 5.11 Å². The molecule has 0 aliphatic carbocycles. The first kappa shape index (κ1) is 12.6. The van der Waals surface area contributed by atoms with E-state index >= 15 is 0 Å². The van der Waals surface area contributed by atoms with Gasteiger partial charge in [-0.2, -0.15) is 0 Å². The third-order valence-corrected chi connectivity index (χ3v) is 2.37. The molecule has 0 fully saturated rings. The number of halogens is 1. The predicted molar refractivity (Wildman–Crippen MR) is 54.1 cm³/mol. The summed E-state index contributed by atoms with van der Waals surface area (Å²) in [5.74, 6) is -0.519. The normalized spacial score (nSPS) is 9.92. The van der Waals surface area contributed by atoms with Gasteiger partial charge in [-0.3, -0.25) is 9.59 Å². The summed E-state index contributed by atoms with van der Waals surface area (Å²) in [6.07, 6.45) is 4.31. The molecule has 0 saturated carbocycles. The Morgan fingerprint density at radius 3 is 2.00 bits per heavy atom. The number of Topliss-reactive ketones (excluding diaryl/α,β-unsaturated/α-hetero) is 1. The van der Waals surface area contributed by atoms with Gasteiger partial charge in [0.1, 0.15) is 5.78 Å². The molecule has 0 aliphatic rings. The second-order valence-corrected chi connectivity index (χ2v) is 3.54. The maximum atomic E-state index is 10.8. The SMILES string of the molecule is O=C(O)CCCCCCC(=O)CBr. The molecule has 0 atom stereocenters. The molecule has 0 spiro atoms. The number of hydrogen-bond acceptors (Lipinski definition) is 2. The van der Waals surface area contributed by atoms with Crippen LogP contribution in [0.25, 0.3) is 0 Å². The van der Waals surface area contributed by atoms with Gasteiger partial charge in [-0.05, 0) is 12.8 Å². The second kappa shape index (κ2) is 8.23. The smallest absolute Gasteiger partial charge is 0.303 e. The van der Waals surface area contributed by atoms with Gasteiger partial charge in [0.05, 0.1) is 5.33 Å². The second-order valence-electron chi connectivity index (χ2n) is 2.98. The van der Waals surface area contributed by atoms with Crippen LogP contribution in [0, 0.1) is 0 Å². The summed E-state index contributed by atoms with van der Waals surface area (Å²) in [7, 11) is 0. The molecule has 0 aromatic rings. The summed E-state index contributed by atoms with van der Waals surface area (Å²) in [6.45, 7) is 0. The Kier molecular flexibility index (Phi) is 7.99. The van der Waals surface area contributed by atoms with Crippen LogP contribution in [0.5, 0.6) is 0 Å². The Labute approximate surface area is 86.6 Å². The summed E-state index contributed by atoms with van der Waals surface area (Å²) < 4.78 is 0. The van der Waals surface area contributed by atoms with Crippen molar-refractivity contribution in [1.82, 2.24) is 0 Å². The third-order valence-electron chi connectivity index (χ3n) is 1.75. The molecule has 0 unspecified atom stereocenters. The first-order chi connectivity index (χ1) is 6.16. The first-order valence-electron chi connectivity index (χ1n) is 4.46. The van der Waals surface area contributed by atoms with Gasteiger partial charge in [-0.1, -0.05) is 28.8 Å². The molecule has 76 valence electrons. The van der Waals surface area contributed by atoms with Crippen LogP contribution in [0.2, 0.25) is 0 Å². The van der Waals surface area contributed by atoms with E-state index in [9.17, 15) is 9.59 Å². The van der Waals surface area contributed by atoms with Crippen molar-refractivity contribution in [3.63, 3.8) is 0 Å². The van der Waals surface area contributed by atoms with Crippen molar-refractivity contribution in [2.45, 2.75) is 38.5 Å². The van der Waals surface area contributed by atoms with Crippen LogP contribution < -0.4 is 0 Å².